The van der Waals surface area contributed by atoms with E-state index in [0.29, 0.717) is 36.5 Å². The first-order valence-electron chi connectivity index (χ1n) is 9.92. The third kappa shape index (κ3) is 2.30. The van der Waals surface area contributed by atoms with Crippen LogP contribution < -0.4 is 0 Å². The van der Waals surface area contributed by atoms with Crippen LogP contribution in [-0.2, 0) is 19.1 Å². The zero-order chi connectivity index (χ0) is 18.7. The molecule has 4 aliphatic rings. The van der Waals surface area contributed by atoms with Crippen LogP contribution in [0.4, 0.5) is 0 Å². The summed E-state index contributed by atoms with van der Waals surface area (Å²) in [4.78, 5) is 36.2. The fourth-order valence-electron chi connectivity index (χ4n) is 6.72. The van der Waals surface area contributed by atoms with Crippen LogP contribution in [0.3, 0.4) is 0 Å². The second-order valence-electron chi connectivity index (χ2n) is 8.93. The van der Waals surface area contributed by atoms with E-state index in [1.807, 2.05) is 6.08 Å². The second kappa shape index (κ2) is 5.90. The van der Waals surface area contributed by atoms with Gasteiger partial charge in [-0.05, 0) is 74.3 Å². The molecule has 6 atom stereocenters. The summed E-state index contributed by atoms with van der Waals surface area (Å²) in [5.74, 6) is 1.62. The van der Waals surface area contributed by atoms with Crippen LogP contribution in [0.25, 0.3) is 0 Å². The minimum absolute atomic E-state index is 0.0141. The Balaban J connectivity index is 1.71. The molecule has 0 aromatic heterocycles. The number of ketones is 2. The molecule has 0 aliphatic heterocycles. The largest absolute Gasteiger partial charge is 0.451 e. The van der Waals surface area contributed by atoms with Gasteiger partial charge in [-0.15, -0.1) is 0 Å². The molecule has 4 aliphatic carbocycles. The van der Waals surface area contributed by atoms with Crippen molar-refractivity contribution >= 4 is 17.5 Å². The normalized spacial score (nSPS) is 43.8. The van der Waals surface area contributed by atoms with Crippen LogP contribution in [0.2, 0.25) is 0 Å². The van der Waals surface area contributed by atoms with Crippen molar-refractivity contribution in [2.24, 2.45) is 29.1 Å². The lowest BCUT2D eigenvalue weighted by atomic mass is 9.52. The van der Waals surface area contributed by atoms with Gasteiger partial charge in [-0.2, -0.15) is 0 Å². The standard InChI is InChI=1S/C22H28O4/c1-13(23)22(26-14(2)24)11-9-20-19-6-4-15-12-16(25)5-7-17(15)18(19)8-10-21(20,22)3/h4,6,12,17-20H,5,7-11H2,1-3H3/t17-,18+,19+,20-,21-,22-/m0/s1. The fourth-order valence-corrected chi connectivity index (χ4v) is 6.72. The van der Waals surface area contributed by atoms with Crippen LogP contribution in [0.1, 0.15) is 59.3 Å². The van der Waals surface area contributed by atoms with E-state index >= 15 is 0 Å². The summed E-state index contributed by atoms with van der Waals surface area (Å²) in [5.41, 5.74) is -0.0789. The van der Waals surface area contributed by atoms with Crippen molar-refractivity contribution in [3.8, 4) is 0 Å². The third-order valence-corrected chi connectivity index (χ3v) is 7.88. The molecule has 2 saturated carbocycles. The highest BCUT2D eigenvalue weighted by atomic mass is 16.6. The molecule has 0 radical (unpaired) electrons. The van der Waals surface area contributed by atoms with Crippen molar-refractivity contribution in [1.82, 2.24) is 0 Å². The van der Waals surface area contributed by atoms with Gasteiger partial charge in [0.1, 0.15) is 0 Å². The van der Waals surface area contributed by atoms with E-state index in [4.69, 9.17) is 4.74 Å². The second-order valence-corrected chi connectivity index (χ2v) is 8.93. The highest BCUT2D eigenvalue weighted by Gasteiger charge is 2.66. The molecule has 4 rings (SSSR count). The molecule has 140 valence electrons. The minimum atomic E-state index is -0.971. The highest BCUT2D eigenvalue weighted by molar-refractivity contribution is 5.92. The first-order chi connectivity index (χ1) is 12.3. The first kappa shape index (κ1) is 17.7. The maximum absolute atomic E-state index is 12.6. The Labute approximate surface area is 155 Å². The maximum atomic E-state index is 12.6. The molecule has 0 bridgehead atoms. The van der Waals surface area contributed by atoms with Crippen molar-refractivity contribution in [1.29, 1.82) is 0 Å². The molecular formula is C22H28O4. The van der Waals surface area contributed by atoms with Crippen molar-refractivity contribution in [2.45, 2.75) is 64.9 Å². The summed E-state index contributed by atoms with van der Waals surface area (Å²) in [5, 5.41) is 0. The number of allylic oxidation sites excluding steroid dienone is 4. The summed E-state index contributed by atoms with van der Waals surface area (Å²) >= 11 is 0. The van der Waals surface area contributed by atoms with Crippen LogP contribution in [-0.4, -0.2) is 23.1 Å². The Bertz CT molecular complexity index is 732. The molecule has 4 nitrogen and oxygen atoms in total. The zero-order valence-corrected chi connectivity index (χ0v) is 15.9. The van der Waals surface area contributed by atoms with Gasteiger partial charge in [0.2, 0.25) is 0 Å². The lowest BCUT2D eigenvalue weighted by Gasteiger charge is -2.54. The average Bonchev–Trinajstić information content (AvgIpc) is 2.87. The molecule has 0 unspecified atom stereocenters. The SMILES string of the molecule is CC(=O)O[C@]1(C(C)=O)CC[C@H]2[C@@H]3C=CC4=CC(=O)CC[C@@H]4[C@H]3CC[C@@]21C. The molecule has 2 fully saturated rings. The minimum Gasteiger partial charge on any atom is -0.451 e. The van der Waals surface area contributed by atoms with Gasteiger partial charge in [0.25, 0.3) is 0 Å². The van der Waals surface area contributed by atoms with Crippen molar-refractivity contribution < 1.29 is 19.1 Å². The number of ether oxygens (including phenoxy) is 1. The Morgan fingerprint density at radius 2 is 1.92 bits per heavy atom. The fraction of sp³-hybridized carbons (Fsp3) is 0.682. The topological polar surface area (TPSA) is 60.4 Å². The Morgan fingerprint density at radius 3 is 2.62 bits per heavy atom. The van der Waals surface area contributed by atoms with Gasteiger partial charge in [0.15, 0.2) is 17.2 Å². The number of Topliss-reactive ketones (excluding diaryl/α,β-unsaturated/α-hetero) is 1. The summed E-state index contributed by atoms with van der Waals surface area (Å²) < 4.78 is 5.76. The van der Waals surface area contributed by atoms with E-state index in [1.54, 1.807) is 6.92 Å². The molecule has 4 heteroatoms. The van der Waals surface area contributed by atoms with Gasteiger partial charge >= 0.3 is 5.97 Å². The van der Waals surface area contributed by atoms with E-state index in [2.05, 4.69) is 19.1 Å². The molecule has 0 aromatic rings. The summed E-state index contributed by atoms with van der Waals surface area (Å²) in [6, 6.07) is 0. The van der Waals surface area contributed by atoms with E-state index in [9.17, 15) is 14.4 Å². The van der Waals surface area contributed by atoms with Crippen molar-refractivity contribution in [3.05, 3.63) is 23.8 Å². The molecule has 0 spiro atoms. The quantitative estimate of drug-likeness (QED) is 0.706. The number of carbonyl (C=O) groups excluding carboxylic acids is 3. The van der Waals surface area contributed by atoms with Gasteiger partial charge < -0.3 is 4.74 Å². The smallest absolute Gasteiger partial charge is 0.303 e. The van der Waals surface area contributed by atoms with Gasteiger partial charge in [0.05, 0.1) is 0 Å². The van der Waals surface area contributed by atoms with Crippen LogP contribution in [0, 0.1) is 29.1 Å². The molecule has 0 saturated heterocycles. The van der Waals surface area contributed by atoms with E-state index in [0.717, 1.165) is 25.7 Å². The lowest BCUT2D eigenvalue weighted by Crippen LogP contribution is -2.57. The number of esters is 1. The summed E-state index contributed by atoms with van der Waals surface area (Å²) in [6.45, 7) is 5.14. The number of hydrogen-bond acceptors (Lipinski definition) is 4. The first-order valence-corrected chi connectivity index (χ1v) is 9.92. The molecule has 0 heterocycles. The maximum Gasteiger partial charge on any atom is 0.303 e. The number of fused-ring (bicyclic) bond motifs is 5. The number of hydrogen-bond donors (Lipinski definition) is 0. The van der Waals surface area contributed by atoms with Gasteiger partial charge in [-0.1, -0.05) is 19.1 Å². The predicted molar refractivity (Wildman–Crippen MR) is 97.2 cm³/mol. The molecule has 0 amide bonds. The van der Waals surface area contributed by atoms with Gasteiger partial charge in [-0.3, -0.25) is 14.4 Å². The molecule has 0 aromatic carbocycles. The zero-order valence-electron chi connectivity index (χ0n) is 15.9. The van der Waals surface area contributed by atoms with E-state index in [-0.39, 0.29) is 23.0 Å². The number of rotatable bonds is 2. The number of carbonyl (C=O) groups is 3. The van der Waals surface area contributed by atoms with Gasteiger partial charge in [0, 0.05) is 18.8 Å². The van der Waals surface area contributed by atoms with Crippen LogP contribution in [0.15, 0.2) is 23.8 Å². The van der Waals surface area contributed by atoms with Gasteiger partial charge in [-0.25, -0.2) is 0 Å². The Hall–Kier alpha value is -1.71. The average molecular weight is 356 g/mol. The van der Waals surface area contributed by atoms with Crippen molar-refractivity contribution in [2.75, 3.05) is 0 Å². The monoisotopic (exact) mass is 356 g/mol. The van der Waals surface area contributed by atoms with E-state index in [1.165, 1.54) is 12.5 Å². The van der Waals surface area contributed by atoms with Crippen molar-refractivity contribution in [3.63, 3.8) is 0 Å². The highest BCUT2D eigenvalue weighted by Crippen LogP contribution is 2.64. The van der Waals surface area contributed by atoms with E-state index < -0.39 is 5.60 Å². The predicted octanol–water partition coefficient (Wildman–Crippen LogP) is 3.80. The third-order valence-electron chi connectivity index (χ3n) is 7.88. The lowest BCUT2D eigenvalue weighted by molar-refractivity contribution is -0.184. The Kier molecular flexibility index (Phi) is 4.01. The summed E-state index contributed by atoms with van der Waals surface area (Å²) in [7, 11) is 0. The molecule has 26 heavy (non-hydrogen) atoms. The van der Waals surface area contributed by atoms with Crippen LogP contribution in [0.5, 0.6) is 0 Å². The van der Waals surface area contributed by atoms with Crippen LogP contribution >= 0.6 is 0 Å². The molecule has 0 N–H and O–H groups in total. The summed E-state index contributed by atoms with van der Waals surface area (Å²) in [6.07, 6.45) is 11.3. The molecular weight excluding hydrogens is 328 g/mol. The Morgan fingerprint density at radius 1 is 1.15 bits per heavy atom.